The van der Waals surface area contributed by atoms with E-state index in [0.717, 1.165) is 5.56 Å². The van der Waals surface area contributed by atoms with Crippen LogP contribution in [-0.2, 0) is 4.79 Å². The van der Waals surface area contributed by atoms with Crippen LogP contribution >= 0.6 is 0 Å². The van der Waals surface area contributed by atoms with Crippen LogP contribution in [0.15, 0.2) is 35.1 Å². The number of carbonyl (C=O) groups is 2. The monoisotopic (exact) mass is 299 g/mol. The number of nitrogens with zero attached hydrogens (tertiary/aromatic N) is 1. The molecule has 0 bridgehead atoms. The van der Waals surface area contributed by atoms with Gasteiger partial charge in [0.05, 0.1) is 0 Å². The number of nitrogens with one attached hydrogen (secondary N) is 2. The maximum atomic E-state index is 12.0. The van der Waals surface area contributed by atoms with Crippen LogP contribution in [0.5, 0.6) is 0 Å². The average Bonchev–Trinajstić information content (AvgIpc) is 2.44. The standard InChI is InChI=1S/C16H17N3O3/c1-10-3-5-12(6-4-10)13(20)7-8-15(21)19-14-9-16(22)18-11(2)17-14/h3-6,9H,7-8H2,1-2H3,(H2,17,18,19,21,22). The van der Waals surface area contributed by atoms with E-state index in [0.29, 0.717) is 11.4 Å². The normalized spacial score (nSPS) is 10.3. The fourth-order valence-electron chi connectivity index (χ4n) is 1.96. The molecule has 2 N–H and O–H groups in total. The minimum Gasteiger partial charge on any atom is -0.311 e. The van der Waals surface area contributed by atoms with E-state index < -0.39 is 0 Å². The van der Waals surface area contributed by atoms with Gasteiger partial charge in [0.15, 0.2) is 5.78 Å². The Morgan fingerprint density at radius 3 is 2.45 bits per heavy atom. The number of hydrogen-bond acceptors (Lipinski definition) is 4. The van der Waals surface area contributed by atoms with Crippen LogP contribution in [0.1, 0.15) is 34.6 Å². The molecule has 0 atom stereocenters. The number of Topliss-reactive ketones (excluding diaryl/α,β-unsaturated/α-hetero) is 1. The molecule has 0 saturated heterocycles. The molecular formula is C16H17N3O3. The zero-order valence-electron chi connectivity index (χ0n) is 12.5. The first-order chi connectivity index (χ1) is 10.4. The second kappa shape index (κ2) is 6.80. The maximum absolute atomic E-state index is 12.0. The minimum atomic E-state index is -0.349. The zero-order chi connectivity index (χ0) is 16.1. The summed E-state index contributed by atoms with van der Waals surface area (Å²) >= 11 is 0. The summed E-state index contributed by atoms with van der Waals surface area (Å²) in [5, 5.41) is 2.52. The molecule has 0 spiro atoms. The van der Waals surface area contributed by atoms with Crippen LogP contribution in [0.25, 0.3) is 0 Å². The van der Waals surface area contributed by atoms with Crippen molar-refractivity contribution in [3.63, 3.8) is 0 Å². The molecule has 0 aliphatic carbocycles. The van der Waals surface area contributed by atoms with Crippen LogP contribution < -0.4 is 10.9 Å². The summed E-state index contributed by atoms with van der Waals surface area (Å²) in [5.41, 5.74) is 1.33. The van der Waals surface area contributed by atoms with Crippen molar-refractivity contribution in [3.05, 3.63) is 57.6 Å². The molecule has 0 saturated carbocycles. The van der Waals surface area contributed by atoms with Gasteiger partial charge in [0.1, 0.15) is 11.6 Å². The molecule has 1 amide bonds. The Labute approximate surface area is 127 Å². The smallest absolute Gasteiger partial charge is 0.252 e. The summed E-state index contributed by atoms with van der Waals surface area (Å²) in [4.78, 5) is 41.5. The van der Waals surface area contributed by atoms with E-state index in [1.54, 1.807) is 19.1 Å². The summed E-state index contributed by atoms with van der Waals surface area (Å²) in [7, 11) is 0. The first-order valence-electron chi connectivity index (χ1n) is 6.92. The lowest BCUT2D eigenvalue weighted by Gasteiger charge is -2.05. The van der Waals surface area contributed by atoms with E-state index in [9.17, 15) is 14.4 Å². The Kier molecular flexibility index (Phi) is 4.83. The van der Waals surface area contributed by atoms with Crippen molar-refractivity contribution >= 4 is 17.5 Å². The Hall–Kier alpha value is -2.76. The zero-order valence-corrected chi connectivity index (χ0v) is 12.5. The van der Waals surface area contributed by atoms with Gasteiger partial charge in [0, 0.05) is 24.5 Å². The van der Waals surface area contributed by atoms with Crippen molar-refractivity contribution in [2.75, 3.05) is 5.32 Å². The second-order valence-electron chi connectivity index (χ2n) is 5.05. The van der Waals surface area contributed by atoms with E-state index in [-0.39, 0.29) is 35.9 Å². The van der Waals surface area contributed by atoms with Crippen LogP contribution in [-0.4, -0.2) is 21.7 Å². The Morgan fingerprint density at radius 2 is 1.82 bits per heavy atom. The first-order valence-corrected chi connectivity index (χ1v) is 6.92. The van der Waals surface area contributed by atoms with E-state index in [2.05, 4.69) is 15.3 Å². The van der Waals surface area contributed by atoms with Gasteiger partial charge in [-0.05, 0) is 13.8 Å². The number of hydrogen-bond donors (Lipinski definition) is 2. The number of amides is 1. The first kappa shape index (κ1) is 15.6. The van der Waals surface area contributed by atoms with Crippen LogP contribution in [0.2, 0.25) is 0 Å². The van der Waals surface area contributed by atoms with E-state index in [4.69, 9.17) is 0 Å². The highest BCUT2D eigenvalue weighted by atomic mass is 16.2. The fourth-order valence-corrected chi connectivity index (χ4v) is 1.96. The summed E-state index contributed by atoms with van der Waals surface area (Å²) in [5.74, 6) is 0.163. The van der Waals surface area contributed by atoms with E-state index >= 15 is 0 Å². The van der Waals surface area contributed by atoms with Crippen molar-refractivity contribution in [3.8, 4) is 0 Å². The average molecular weight is 299 g/mol. The lowest BCUT2D eigenvalue weighted by molar-refractivity contribution is -0.116. The molecule has 0 unspecified atom stereocenters. The van der Waals surface area contributed by atoms with Gasteiger partial charge < -0.3 is 10.3 Å². The molecule has 0 radical (unpaired) electrons. The molecule has 1 aromatic carbocycles. The highest BCUT2D eigenvalue weighted by Crippen LogP contribution is 2.08. The number of benzene rings is 1. The number of aromatic amines is 1. The molecule has 0 aliphatic heterocycles. The van der Waals surface area contributed by atoms with Crippen molar-refractivity contribution < 1.29 is 9.59 Å². The number of anilines is 1. The van der Waals surface area contributed by atoms with Gasteiger partial charge in [-0.3, -0.25) is 14.4 Å². The molecule has 114 valence electrons. The van der Waals surface area contributed by atoms with Gasteiger partial charge in [-0.1, -0.05) is 29.8 Å². The number of carbonyl (C=O) groups excluding carboxylic acids is 2. The van der Waals surface area contributed by atoms with Gasteiger partial charge in [-0.2, -0.15) is 0 Å². The molecule has 0 fully saturated rings. The molecule has 6 nitrogen and oxygen atoms in total. The Balaban J connectivity index is 1.91. The number of aryl methyl sites for hydroxylation is 2. The van der Waals surface area contributed by atoms with Crippen molar-refractivity contribution in [2.24, 2.45) is 0 Å². The van der Waals surface area contributed by atoms with Gasteiger partial charge in [-0.15, -0.1) is 0 Å². The largest absolute Gasteiger partial charge is 0.311 e. The number of rotatable bonds is 5. The maximum Gasteiger partial charge on any atom is 0.252 e. The minimum absolute atomic E-state index is 0.0419. The predicted octanol–water partition coefficient (Wildman–Crippen LogP) is 1.99. The van der Waals surface area contributed by atoms with Crippen molar-refractivity contribution in [1.29, 1.82) is 0 Å². The predicted molar refractivity (Wildman–Crippen MR) is 83.0 cm³/mol. The van der Waals surface area contributed by atoms with Crippen LogP contribution in [0, 0.1) is 13.8 Å². The van der Waals surface area contributed by atoms with Gasteiger partial charge >= 0.3 is 0 Å². The molecule has 22 heavy (non-hydrogen) atoms. The highest BCUT2D eigenvalue weighted by Gasteiger charge is 2.10. The summed E-state index contributed by atoms with van der Waals surface area (Å²) in [6.07, 6.45) is 0.150. The number of aromatic nitrogens is 2. The van der Waals surface area contributed by atoms with Gasteiger partial charge in [0.2, 0.25) is 5.91 Å². The third kappa shape index (κ3) is 4.37. The third-order valence-electron chi connectivity index (χ3n) is 3.08. The third-order valence-corrected chi connectivity index (χ3v) is 3.08. The number of ketones is 1. The fraction of sp³-hybridized carbons (Fsp3) is 0.250. The molecule has 2 aromatic rings. The molecule has 1 heterocycles. The highest BCUT2D eigenvalue weighted by molar-refractivity contribution is 5.99. The van der Waals surface area contributed by atoms with Crippen molar-refractivity contribution in [2.45, 2.75) is 26.7 Å². The molecular weight excluding hydrogens is 282 g/mol. The van der Waals surface area contributed by atoms with Crippen LogP contribution in [0.4, 0.5) is 5.82 Å². The topological polar surface area (TPSA) is 91.9 Å². The summed E-state index contributed by atoms with van der Waals surface area (Å²) in [6.45, 7) is 3.57. The summed E-state index contributed by atoms with van der Waals surface area (Å²) in [6, 6.07) is 8.41. The Bertz CT molecular complexity index is 748. The quantitative estimate of drug-likeness (QED) is 0.826. The Morgan fingerprint density at radius 1 is 1.14 bits per heavy atom. The SMILES string of the molecule is Cc1ccc(C(=O)CCC(=O)Nc2cc(=O)[nH]c(C)n2)cc1. The second-order valence-corrected chi connectivity index (χ2v) is 5.05. The van der Waals surface area contributed by atoms with Gasteiger partial charge in [-0.25, -0.2) is 4.98 Å². The van der Waals surface area contributed by atoms with Crippen molar-refractivity contribution in [1.82, 2.24) is 9.97 Å². The number of H-pyrrole nitrogens is 1. The molecule has 6 heteroatoms. The lowest BCUT2D eigenvalue weighted by Crippen LogP contribution is -2.17. The van der Waals surface area contributed by atoms with E-state index in [1.807, 2.05) is 19.1 Å². The molecule has 0 aliphatic rings. The molecule has 2 rings (SSSR count). The van der Waals surface area contributed by atoms with E-state index in [1.165, 1.54) is 6.07 Å². The van der Waals surface area contributed by atoms with Crippen LogP contribution in [0.3, 0.4) is 0 Å². The lowest BCUT2D eigenvalue weighted by atomic mass is 10.1. The summed E-state index contributed by atoms with van der Waals surface area (Å²) < 4.78 is 0. The molecule has 1 aromatic heterocycles. The van der Waals surface area contributed by atoms with Gasteiger partial charge in [0.25, 0.3) is 5.56 Å².